The van der Waals surface area contributed by atoms with Gasteiger partial charge in [0.2, 0.25) is 0 Å². The van der Waals surface area contributed by atoms with Crippen molar-refractivity contribution in [2.75, 3.05) is 7.11 Å². The summed E-state index contributed by atoms with van der Waals surface area (Å²) in [6, 6.07) is 8.93. The summed E-state index contributed by atoms with van der Waals surface area (Å²) in [7, 11) is 1.29. The van der Waals surface area contributed by atoms with Gasteiger partial charge in [-0.25, -0.2) is 9.18 Å². The molecule has 1 saturated heterocycles. The zero-order valence-corrected chi connectivity index (χ0v) is 15.7. The lowest BCUT2D eigenvalue weighted by molar-refractivity contribution is -0.132. The molecule has 1 unspecified atom stereocenters. The van der Waals surface area contributed by atoms with E-state index in [0.29, 0.717) is 11.1 Å². The normalized spacial score (nSPS) is 18.9. The Balaban J connectivity index is 1.87. The molecule has 0 spiro atoms. The van der Waals surface area contributed by atoms with Crippen molar-refractivity contribution in [2.45, 2.75) is 32.0 Å². The molecule has 9 heteroatoms. The molecule has 1 heterocycles. The van der Waals surface area contributed by atoms with Gasteiger partial charge in [0, 0.05) is 0 Å². The van der Waals surface area contributed by atoms with Crippen molar-refractivity contribution in [1.29, 1.82) is 0 Å². The fourth-order valence-electron chi connectivity index (χ4n) is 3.33. The predicted molar refractivity (Wildman–Crippen MR) is 97.1 cm³/mol. The quantitative estimate of drug-likeness (QED) is 0.708. The molecule has 0 saturated carbocycles. The molecule has 3 rings (SSSR count). The van der Waals surface area contributed by atoms with E-state index in [4.69, 9.17) is 4.74 Å². The minimum absolute atomic E-state index is 0.0511. The zero-order chi connectivity index (χ0) is 21.2. The van der Waals surface area contributed by atoms with Crippen molar-refractivity contribution in [3.05, 3.63) is 59.4 Å². The first kappa shape index (κ1) is 20.5. The highest BCUT2D eigenvalue weighted by atomic mass is 19.3. The van der Waals surface area contributed by atoms with Crippen LogP contribution in [0.25, 0.3) is 0 Å². The van der Waals surface area contributed by atoms with Crippen LogP contribution >= 0.6 is 0 Å². The smallest absolute Gasteiger partial charge is 0.387 e. The summed E-state index contributed by atoms with van der Waals surface area (Å²) < 4.78 is 47.6. The number of nitrogens with zero attached hydrogens (tertiary/aromatic N) is 1. The van der Waals surface area contributed by atoms with Gasteiger partial charge in [-0.2, -0.15) is 8.78 Å². The van der Waals surface area contributed by atoms with Crippen LogP contribution in [0, 0.1) is 5.82 Å². The average Bonchev–Trinajstić information content (AvgIpc) is 2.94. The Bertz CT molecular complexity index is 920. The average molecular weight is 408 g/mol. The van der Waals surface area contributed by atoms with E-state index in [1.165, 1.54) is 49.6 Å². The van der Waals surface area contributed by atoms with Crippen LogP contribution in [0.3, 0.4) is 0 Å². The first-order valence-electron chi connectivity index (χ1n) is 8.82. The maximum Gasteiger partial charge on any atom is 0.387 e. The minimum Gasteiger partial charge on any atom is -0.493 e. The number of carbonyl (C=O) groups excluding carboxylic acids is 2. The Hall–Kier alpha value is -3.23. The summed E-state index contributed by atoms with van der Waals surface area (Å²) >= 11 is 0. The van der Waals surface area contributed by atoms with Crippen molar-refractivity contribution >= 4 is 11.9 Å². The molecule has 1 atom stereocenters. The minimum atomic E-state index is -3.01. The molecule has 6 nitrogen and oxygen atoms in total. The van der Waals surface area contributed by atoms with Crippen LogP contribution in [-0.2, 0) is 16.9 Å². The maximum absolute atomic E-state index is 13.3. The number of hydrogen-bond donors (Lipinski definition) is 1. The third-order valence-electron chi connectivity index (χ3n) is 4.83. The number of hydrogen-bond acceptors (Lipinski definition) is 4. The summed E-state index contributed by atoms with van der Waals surface area (Å²) in [6.07, 6.45) is 0.268. The second-order valence-electron chi connectivity index (χ2n) is 6.45. The molecule has 2 aromatic rings. The van der Waals surface area contributed by atoms with Crippen molar-refractivity contribution in [1.82, 2.24) is 10.2 Å². The lowest BCUT2D eigenvalue weighted by Crippen LogP contribution is -2.43. The highest BCUT2D eigenvalue weighted by Gasteiger charge is 2.51. The Morgan fingerprint density at radius 1 is 1.10 bits per heavy atom. The molecule has 154 valence electrons. The summed E-state index contributed by atoms with van der Waals surface area (Å²) in [4.78, 5) is 26.7. The molecule has 3 amide bonds. The molecule has 1 aliphatic heterocycles. The molecule has 1 fully saturated rings. The number of benzene rings is 2. The number of alkyl halides is 2. The van der Waals surface area contributed by atoms with Crippen LogP contribution in [-0.4, -0.2) is 30.6 Å². The summed E-state index contributed by atoms with van der Waals surface area (Å²) in [5, 5.41) is 2.70. The molecule has 2 aromatic carbocycles. The molecule has 0 bridgehead atoms. The first-order valence-corrected chi connectivity index (χ1v) is 8.82. The highest BCUT2D eigenvalue weighted by molar-refractivity contribution is 6.07. The zero-order valence-electron chi connectivity index (χ0n) is 15.7. The molecular formula is C20H19F3N2O4. The van der Waals surface area contributed by atoms with E-state index >= 15 is 0 Å². The van der Waals surface area contributed by atoms with Crippen molar-refractivity contribution < 1.29 is 32.2 Å². The largest absolute Gasteiger partial charge is 0.493 e. The topological polar surface area (TPSA) is 67.9 Å². The Labute approximate surface area is 165 Å². The number of rotatable bonds is 7. The number of carbonyl (C=O) groups is 2. The van der Waals surface area contributed by atoms with Crippen LogP contribution < -0.4 is 14.8 Å². The van der Waals surface area contributed by atoms with Crippen LogP contribution in [0.2, 0.25) is 0 Å². The van der Waals surface area contributed by atoms with E-state index in [-0.39, 0.29) is 24.5 Å². The van der Waals surface area contributed by atoms with E-state index in [0.717, 1.165) is 4.90 Å². The Morgan fingerprint density at radius 3 is 2.38 bits per heavy atom. The molecule has 1 aliphatic rings. The van der Waals surface area contributed by atoms with Gasteiger partial charge in [-0.3, -0.25) is 9.69 Å². The van der Waals surface area contributed by atoms with Crippen LogP contribution in [0.1, 0.15) is 24.5 Å². The number of ether oxygens (including phenoxy) is 2. The van der Waals surface area contributed by atoms with Gasteiger partial charge in [-0.1, -0.05) is 25.1 Å². The fraction of sp³-hybridized carbons (Fsp3) is 0.300. The van der Waals surface area contributed by atoms with Gasteiger partial charge in [-0.05, 0) is 41.8 Å². The van der Waals surface area contributed by atoms with E-state index in [9.17, 15) is 22.8 Å². The summed E-state index contributed by atoms with van der Waals surface area (Å²) in [5.41, 5.74) is -0.341. The van der Waals surface area contributed by atoms with Gasteiger partial charge in [0.1, 0.15) is 11.4 Å². The third kappa shape index (κ3) is 3.85. The molecular weight excluding hydrogens is 389 g/mol. The first-order chi connectivity index (χ1) is 13.8. The van der Waals surface area contributed by atoms with Gasteiger partial charge in [-0.15, -0.1) is 0 Å². The van der Waals surface area contributed by atoms with Gasteiger partial charge in [0.05, 0.1) is 13.7 Å². The number of methoxy groups -OCH3 is 1. The lowest BCUT2D eigenvalue weighted by atomic mass is 9.87. The van der Waals surface area contributed by atoms with E-state index in [2.05, 4.69) is 10.1 Å². The molecule has 0 radical (unpaired) electrons. The SMILES string of the molecule is CCC1(c2ccc(F)cc2)NC(=O)N(Cc2ccc(OC(F)F)c(OC)c2)C1=O. The van der Waals surface area contributed by atoms with Crippen LogP contribution in [0.15, 0.2) is 42.5 Å². The van der Waals surface area contributed by atoms with E-state index in [1.54, 1.807) is 6.92 Å². The van der Waals surface area contributed by atoms with Gasteiger partial charge in [0.15, 0.2) is 11.5 Å². The second kappa shape index (κ2) is 8.02. The highest BCUT2D eigenvalue weighted by Crippen LogP contribution is 2.35. The Kier molecular flexibility index (Phi) is 5.67. The summed E-state index contributed by atoms with van der Waals surface area (Å²) in [5.74, 6) is -1.04. The number of amides is 3. The molecule has 1 N–H and O–H groups in total. The predicted octanol–water partition coefficient (Wildman–Crippen LogP) is 3.79. The van der Waals surface area contributed by atoms with Crippen LogP contribution in [0.4, 0.5) is 18.0 Å². The van der Waals surface area contributed by atoms with Crippen molar-refractivity contribution in [2.24, 2.45) is 0 Å². The van der Waals surface area contributed by atoms with E-state index in [1.807, 2.05) is 0 Å². The standard InChI is InChI=1S/C20H19F3N2O4/c1-3-20(13-5-7-14(21)8-6-13)17(26)25(19(27)24-20)11-12-4-9-15(29-18(22)23)16(10-12)28-2/h4-10,18H,3,11H2,1-2H3,(H,24,27). The Morgan fingerprint density at radius 2 is 1.79 bits per heavy atom. The summed E-state index contributed by atoms with van der Waals surface area (Å²) in [6.45, 7) is -1.37. The fourth-order valence-corrected chi connectivity index (χ4v) is 3.33. The molecule has 0 aliphatic carbocycles. The number of halogens is 3. The van der Waals surface area contributed by atoms with Gasteiger partial charge in [0.25, 0.3) is 5.91 Å². The van der Waals surface area contributed by atoms with Crippen molar-refractivity contribution in [3.8, 4) is 11.5 Å². The number of urea groups is 1. The molecule has 29 heavy (non-hydrogen) atoms. The number of nitrogens with one attached hydrogen (secondary N) is 1. The van der Waals surface area contributed by atoms with Gasteiger partial charge < -0.3 is 14.8 Å². The molecule has 0 aromatic heterocycles. The van der Waals surface area contributed by atoms with E-state index < -0.39 is 29.9 Å². The third-order valence-corrected chi connectivity index (χ3v) is 4.83. The number of imide groups is 1. The lowest BCUT2D eigenvalue weighted by Gasteiger charge is -2.25. The second-order valence-corrected chi connectivity index (χ2v) is 6.45. The monoisotopic (exact) mass is 408 g/mol. The van der Waals surface area contributed by atoms with Crippen molar-refractivity contribution in [3.63, 3.8) is 0 Å². The van der Waals surface area contributed by atoms with Crippen LogP contribution in [0.5, 0.6) is 11.5 Å². The maximum atomic E-state index is 13.3. The van der Waals surface area contributed by atoms with Gasteiger partial charge >= 0.3 is 12.6 Å².